The van der Waals surface area contributed by atoms with E-state index in [1.807, 2.05) is 0 Å². The van der Waals surface area contributed by atoms with Crippen molar-refractivity contribution < 1.29 is 27.5 Å². The quantitative estimate of drug-likeness (QED) is 0.794. The van der Waals surface area contributed by atoms with E-state index in [4.69, 9.17) is 4.74 Å². The minimum Gasteiger partial charge on any atom is -0.444 e. The van der Waals surface area contributed by atoms with Crippen LogP contribution < -0.4 is 5.32 Å². The molecule has 5 nitrogen and oxygen atoms in total. The van der Waals surface area contributed by atoms with Crippen molar-refractivity contribution in [2.45, 2.75) is 57.9 Å². The topological polar surface area (TPSA) is 58.6 Å². The summed E-state index contributed by atoms with van der Waals surface area (Å²) in [5, 5.41) is 2.46. The Bertz CT molecular complexity index is 769. The fourth-order valence-corrected chi connectivity index (χ4v) is 3.58. The highest BCUT2D eigenvalue weighted by Gasteiger charge is 2.39. The molecule has 148 valence electrons. The Labute approximate surface area is 155 Å². The molecule has 3 rings (SSSR count). The van der Waals surface area contributed by atoms with Gasteiger partial charge in [-0.15, -0.1) is 0 Å². The minimum absolute atomic E-state index is 0.00365. The van der Waals surface area contributed by atoms with Crippen molar-refractivity contribution in [1.82, 2.24) is 10.2 Å². The van der Waals surface area contributed by atoms with Gasteiger partial charge in [-0.25, -0.2) is 4.79 Å². The predicted octanol–water partition coefficient (Wildman–Crippen LogP) is 4.06. The Morgan fingerprint density at radius 1 is 1.26 bits per heavy atom. The van der Waals surface area contributed by atoms with E-state index in [9.17, 15) is 22.8 Å². The Hall–Kier alpha value is -2.25. The van der Waals surface area contributed by atoms with Crippen molar-refractivity contribution in [3.63, 3.8) is 0 Å². The van der Waals surface area contributed by atoms with Gasteiger partial charge in [-0.2, -0.15) is 13.2 Å². The van der Waals surface area contributed by atoms with E-state index in [1.54, 1.807) is 20.8 Å². The van der Waals surface area contributed by atoms with Crippen LogP contribution >= 0.6 is 0 Å². The SMILES string of the molecule is CC(C)(C)OC(=O)N1CCCC(c2cc3c(c(C(F)(F)F)c2)CNC3=O)C1. The van der Waals surface area contributed by atoms with Crippen LogP contribution in [0, 0.1) is 0 Å². The first kappa shape index (κ1) is 19.5. The molecule has 2 aliphatic rings. The lowest BCUT2D eigenvalue weighted by atomic mass is 9.87. The minimum atomic E-state index is -4.54. The monoisotopic (exact) mass is 384 g/mol. The maximum absolute atomic E-state index is 13.5. The lowest BCUT2D eigenvalue weighted by Gasteiger charge is -2.34. The summed E-state index contributed by atoms with van der Waals surface area (Å²) in [5.74, 6) is -0.761. The van der Waals surface area contributed by atoms with Crippen LogP contribution in [0.4, 0.5) is 18.0 Å². The highest BCUT2D eigenvalue weighted by Crippen LogP contribution is 2.39. The Morgan fingerprint density at radius 2 is 1.96 bits per heavy atom. The van der Waals surface area contributed by atoms with Gasteiger partial charge < -0.3 is 15.0 Å². The van der Waals surface area contributed by atoms with Gasteiger partial charge in [-0.05, 0) is 56.9 Å². The lowest BCUT2D eigenvalue weighted by molar-refractivity contribution is -0.138. The summed E-state index contributed by atoms with van der Waals surface area (Å²) in [6.07, 6.45) is -3.69. The number of carbonyl (C=O) groups is 2. The Kier molecular flexibility index (Phi) is 4.86. The van der Waals surface area contributed by atoms with Crippen molar-refractivity contribution in [2.24, 2.45) is 0 Å². The average Bonchev–Trinajstić information content (AvgIpc) is 2.93. The standard InChI is InChI=1S/C19H23F3N2O3/c1-18(2,3)27-17(26)24-6-4-5-11(10-24)12-7-13-14(9-23-16(13)25)15(8-12)19(20,21)22/h7-8,11H,4-6,9-10H2,1-3H3,(H,23,25). The van der Waals surface area contributed by atoms with Gasteiger partial charge in [0.05, 0.1) is 5.56 Å². The molecular weight excluding hydrogens is 361 g/mol. The molecule has 2 aliphatic heterocycles. The summed E-state index contributed by atoms with van der Waals surface area (Å²) < 4.78 is 45.8. The van der Waals surface area contributed by atoms with E-state index in [0.717, 1.165) is 6.07 Å². The first-order chi connectivity index (χ1) is 12.5. The molecule has 1 aromatic carbocycles. The molecule has 27 heavy (non-hydrogen) atoms. The molecule has 8 heteroatoms. The van der Waals surface area contributed by atoms with E-state index in [2.05, 4.69) is 5.32 Å². The maximum Gasteiger partial charge on any atom is 0.416 e. The van der Waals surface area contributed by atoms with Gasteiger partial charge in [0, 0.05) is 31.1 Å². The molecule has 1 aromatic rings. The van der Waals surface area contributed by atoms with Crippen molar-refractivity contribution in [3.8, 4) is 0 Å². The van der Waals surface area contributed by atoms with E-state index in [0.29, 0.717) is 24.9 Å². The molecule has 1 fully saturated rings. The number of ether oxygens (including phenoxy) is 1. The zero-order chi connectivity index (χ0) is 20.0. The average molecular weight is 384 g/mol. The van der Waals surface area contributed by atoms with Crippen molar-refractivity contribution in [3.05, 3.63) is 34.4 Å². The summed E-state index contributed by atoms with van der Waals surface area (Å²) in [4.78, 5) is 25.8. The molecule has 0 radical (unpaired) electrons. The summed E-state index contributed by atoms with van der Waals surface area (Å²) in [7, 11) is 0. The number of nitrogens with one attached hydrogen (secondary N) is 1. The number of hydrogen-bond acceptors (Lipinski definition) is 3. The molecule has 1 N–H and O–H groups in total. The summed E-state index contributed by atoms with van der Waals surface area (Å²) in [5.41, 5.74) is -0.904. The Morgan fingerprint density at radius 3 is 2.59 bits per heavy atom. The van der Waals surface area contributed by atoms with Gasteiger partial charge in [-0.3, -0.25) is 4.79 Å². The molecule has 0 spiro atoms. The third kappa shape index (κ3) is 4.20. The second kappa shape index (κ2) is 6.73. The first-order valence-electron chi connectivity index (χ1n) is 8.96. The number of piperidine rings is 1. The molecule has 0 aliphatic carbocycles. The number of rotatable bonds is 1. The smallest absolute Gasteiger partial charge is 0.416 e. The third-order valence-corrected chi connectivity index (χ3v) is 4.79. The van der Waals surface area contributed by atoms with E-state index in [1.165, 1.54) is 11.0 Å². The highest BCUT2D eigenvalue weighted by molar-refractivity contribution is 5.99. The fourth-order valence-electron chi connectivity index (χ4n) is 3.58. The number of likely N-dealkylation sites (tertiary alicyclic amines) is 1. The molecule has 1 saturated heterocycles. The van der Waals surface area contributed by atoms with Crippen LogP contribution in [0.25, 0.3) is 0 Å². The van der Waals surface area contributed by atoms with Crippen LogP contribution in [0.2, 0.25) is 0 Å². The zero-order valence-corrected chi connectivity index (χ0v) is 15.6. The summed E-state index contributed by atoms with van der Waals surface area (Å²) in [6, 6.07) is 2.67. The molecular formula is C19H23F3N2O3. The van der Waals surface area contributed by atoms with Gasteiger partial charge in [0.2, 0.25) is 0 Å². The summed E-state index contributed by atoms with van der Waals surface area (Å²) in [6.45, 7) is 5.96. The number of carbonyl (C=O) groups excluding carboxylic acids is 2. The molecule has 1 unspecified atom stereocenters. The Balaban J connectivity index is 1.89. The van der Waals surface area contributed by atoms with Crippen LogP contribution in [0.5, 0.6) is 0 Å². The number of halogens is 3. The summed E-state index contributed by atoms with van der Waals surface area (Å²) >= 11 is 0. The zero-order valence-electron chi connectivity index (χ0n) is 15.6. The second-order valence-corrected chi connectivity index (χ2v) is 8.04. The molecule has 0 bridgehead atoms. The third-order valence-electron chi connectivity index (χ3n) is 4.79. The largest absolute Gasteiger partial charge is 0.444 e. The van der Waals surface area contributed by atoms with E-state index < -0.39 is 29.3 Å². The highest BCUT2D eigenvalue weighted by atomic mass is 19.4. The van der Waals surface area contributed by atoms with Crippen LogP contribution in [-0.2, 0) is 17.5 Å². The van der Waals surface area contributed by atoms with Crippen molar-refractivity contribution in [2.75, 3.05) is 13.1 Å². The number of alkyl halides is 3. The number of benzene rings is 1. The van der Waals surface area contributed by atoms with Crippen LogP contribution in [0.15, 0.2) is 12.1 Å². The normalized spacial score (nSPS) is 20.3. The van der Waals surface area contributed by atoms with Gasteiger partial charge >= 0.3 is 12.3 Å². The van der Waals surface area contributed by atoms with Gasteiger partial charge in [0.15, 0.2) is 0 Å². The molecule has 0 saturated carbocycles. The predicted molar refractivity (Wildman–Crippen MR) is 92.4 cm³/mol. The van der Waals surface area contributed by atoms with E-state index in [-0.39, 0.29) is 30.1 Å². The number of hydrogen-bond donors (Lipinski definition) is 1. The van der Waals surface area contributed by atoms with Crippen molar-refractivity contribution >= 4 is 12.0 Å². The maximum atomic E-state index is 13.5. The van der Waals surface area contributed by atoms with Crippen LogP contribution in [-0.4, -0.2) is 35.6 Å². The van der Waals surface area contributed by atoms with Crippen molar-refractivity contribution in [1.29, 1.82) is 0 Å². The molecule has 1 atom stereocenters. The molecule has 2 amide bonds. The van der Waals surface area contributed by atoms with E-state index >= 15 is 0 Å². The molecule has 2 heterocycles. The number of nitrogens with zero attached hydrogens (tertiary/aromatic N) is 1. The fraction of sp³-hybridized carbons (Fsp3) is 0.579. The molecule has 0 aromatic heterocycles. The lowest BCUT2D eigenvalue weighted by Crippen LogP contribution is -2.42. The number of fused-ring (bicyclic) bond motifs is 1. The van der Waals surface area contributed by atoms with Crippen LogP contribution in [0.1, 0.15) is 66.6 Å². The second-order valence-electron chi connectivity index (χ2n) is 8.04. The van der Waals surface area contributed by atoms with Gasteiger partial charge in [0.1, 0.15) is 5.60 Å². The number of amides is 2. The van der Waals surface area contributed by atoms with Gasteiger partial charge in [0.25, 0.3) is 5.91 Å². The van der Waals surface area contributed by atoms with Gasteiger partial charge in [-0.1, -0.05) is 0 Å². The van der Waals surface area contributed by atoms with Crippen LogP contribution in [0.3, 0.4) is 0 Å². The first-order valence-corrected chi connectivity index (χ1v) is 8.96.